The molecule has 0 N–H and O–H groups in total. The lowest BCUT2D eigenvalue weighted by molar-refractivity contribution is 0.237. The Morgan fingerprint density at radius 1 is 1.08 bits per heavy atom. The Labute approximate surface area is 79.6 Å². The highest BCUT2D eigenvalue weighted by Crippen LogP contribution is 2.59. The highest BCUT2D eigenvalue weighted by atomic mass is 32.2. The molecule has 13 heavy (non-hydrogen) atoms. The molecule has 4 aliphatic rings. The van der Waals surface area contributed by atoms with E-state index in [4.69, 9.17) is 0 Å². The highest BCUT2D eigenvalue weighted by Gasteiger charge is 2.64. The third-order valence-electron chi connectivity index (χ3n) is 4.83. The first-order valence-electron chi connectivity index (χ1n) is 5.26. The third-order valence-corrected chi connectivity index (χ3v) is 7.87. The first-order valence-corrected chi connectivity index (χ1v) is 6.87. The van der Waals surface area contributed by atoms with E-state index in [-0.39, 0.29) is 10.5 Å². The number of hydrogen-bond donors (Lipinski definition) is 0. The van der Waals surface area contributed by atoms with E-state index in [2.05, 4.69) is 13.8 Å². The molecule has 4 rings (SSSR count). The summed E-state index contributed by atoms with van der Waals surface area (Å²) < 4.78 is 24.1. The van der Waals surface area contributed by atoms with Crippen LogP contribution in [0.5, 0.6) is 0 Å². The van der Waals surface area contributed by atoms with Gasteiger partial charge >= 0.3 is 0 Å². The van der Waals surface area contributed by atoms with Crippen molar-refractivity contribution in [2.75, 3.05) is 0 Å². The molecule has 0 aromatic rings. The summed E-state index contributed by atoms with van der Waals surface area (Å²) in [6, 6.07) is 0. The van der Waals surface area contributed by atoms with Crippen molar-refractivity contribution in [2.24, 2.45) is 23.7 Å². The highest BCUT2D eigenvalue weighted by molar-refractivity contribution is 7.93. The van der Waals surface area contributed by atoms with Crippen LogP contribution in [0.4, 0.5) is 0 Å². The SMILES string of the molecule is CC1C2CC3CC1S(=O)(=O)C3C2C. The molecule has 4 bridgehead atoms. The first-order chi connectivity index (χ1) is 6.03. The molecule has 74 valence electrons. The van der Waals surface area contributed by atoms with Gasteiger partial charge in [-0.15, -0.1) is 0 Å². The maximum atomic E-state index is 12.0. The van der Waals surface area contributed by atoms with Crippen molar-refractivity contribution in [3.63, 3.8) is 0 Å². The average molecular weight is 200 g/mol. The summed E-state index contributed by atoms with van der Waals surface area (Å²) in [5.41, 5.74) is 0. The zero-order valence-corrected chi connectivity index (χ0v) is 8.92. The van der Waals surface area contributed by atoms with Gasteiger partial charge in [0.15, 0.2) is 9.84 Å². The molecular formula is C10H16O2S. The second kappa shape index (κ2) is 2.13. The first kappa shape index (κ1) is 8.27. The van der Waals surface area contributed by atoms with Crippen molar-refractivity contribution in [3.05, 3.63) is 0 Å². The molecule has 0 amide bonds. The molecule has 2 aliphatic carbocycles. The molecule has 3 heteroatoms. The van der Waals surface area contributed by atoms with E-state index in [1.165, 1.54) is 6.42 Å². The van der Waals surface area contributed by atoms with E-state index in [0.717, 1.165) is 6.42 Å². The molecule has 0 aromatic heterocycles. The molecule has 2 saturated carbocycles. The monoisotopic (exact) mass is 200 g/mol. The zero-order chi connectivity index (χ0) is 9.38. The fourth-order valence-electron chi connectivity index (χ4n) is 4.29. The van der Waals surface area contributed by atoms with Crippen molar-refractivity contribution in [2.45, 2.75) is 37.2 Å². The Morgan fingerprint density at radius 3 is 2.38 bits per heavy atom. The summed E-state index contributed by atoms with van der Waals surface area (Å²) in [6.45, 7) is 4.28. The van der Waals surface area contributed by atoms with Crippen LogP contribution in [-0.4, -0.2) is 18.9 Å². The fourth-order valence-corrected chi connectivity index (χ4v) is 7.56. The van der Waals surface area contributed by atoms with E-state index >= 15 is 0 Å². The van der Waals surface area contributed by atoms with Crippen molar-refractivity contribution in [1.29, 1.82) is 0 Å². The Bertz CT molecular complexity index is 342. The van der Waals surface area contributed by atoms with Crippen molar-refractivity contribution in [3.8, 4) is 0 Å². The number of sulfone groups is 1. The van der Waals surface area contributed by atoms with Crippen LogP contribution in [-0.2, 0) is 9.84 Å². The van der Waals surface area contributed by atoms with E-state index < -0.39 is 9.84 Å². The Balaban J connectivity index is 2.18. The molecule has 0 aromatic carbocycles. The molecule has 4 fully saturated rings. The van der Waals surface area contributed by atoms with Crippen molar-refractivity contribution in [1.82, 2.24) is 0 Å². The predicted molar refractivity (Wildman–Crippen MR) is 51.0 cm³/mol. The second-order valence-corrected chi connectivity index (χ2v) is 7.53. The molecular weight excluding hydrogens is 184 g/mol. The standard InChI is InChI=1S/C10H16O2S/c1-5-8-3-7-4-9(5)13(11,12)10(7)6(8)2/h5-10H,3-4H2,1-2H3. The van der Waals surface area contributed by atoms with E-state index in [9.17, 15) is 8.42 Å². The topological polar surface area (TPSA) is 34.1 Å². The number of rotatable bonds is 0. The van der Waals surface area contributed by atoms with E-state index in [0.29, 0.717) is 23.7 Å². The van der Waals surface area contributed by atoms with E-state index in [1.807, 2.05) is 0 Å². The van der Waals surface area contributed by atoms with Gasteiger partial charge in [0.1, 0.15) is 0 Å². The summed E-state index contributed by atoms with van der Waals surface area (Å²) in [6.07, 6.45) is 2.15. The molecule has 2 heterocycles. The van der Waals surface area contributed by atoms with Crippen LogP contribution in [0.15, 0.2) is 0 Å². The predicted octanol–water partition coefficient (Wildman–Crippen LogP) is 1.46. The maximum absolute atomic E-state index is 12.0. The van der Waals surface area contributed by atoms with Gasteiger partial charge in [-0.25, -0.2) is 8.42 Å². The van der Waals surface area contributed by atoms with Crippen molar-refractivity contribution >= 4 is 9.84 Å². The molecule has 2 saturated heterocycles. The van der Waals surface area contributed by atoms with Gasteiger partial charge in [0, 0.05) is 0 Å². The van der Waals surface area contributed by atoms with Crippen LogP contribution in [0.3, 0.4) is 0 Å². The van der Waals surface area contributed by atoms with Crippen LogP contribution < -0.4 is 0 Å². The van der Waals surface area contributed by atoms with Gasteiger partial charge in [-0.3, -0.25) is 0 Å². The summed E-state index contributed by atoms with van der Waals surface area (Å²) in [7, 11) is -2.73. The minimum absolute atomic E-state index is 0.0254. The number of hydrogen-bond acceptors (Lipinski definition) is 2. The average Bonchev–Trinajstić information content (AvgIpc) is 2.42. The lowest BCUT2D eigenvalue weighted by atomic mass is 9.79. The van der Waals surface area contributed by atoms with Gasteiger partial charge in [0.25, 0.3) is 0 Å². The largest absolute Gasteiger partial charge is 0.228 e. The maximum Gasteiger partial charge on any atom is 0.156 e. The van der Waals surface area contributed by atoms with Crippen LogP contribution in [0.25, 0.3) is 0 Å². The van der Waals surface area contributed by atoms with Crippen LogP contribution in [0.1, 0.15) is 26.7 Å². The van der Waals surface area contributed by atoms with Gasteiger partial charge in [0.2, 0.25) is 0 Å². The summed E-state index contributed by atoms with van der Waals surface area (Å²) in [5, 5.41) is 0.0659. The zero-order valence-electron chi connectivity index (χ0n) is 8.10. The normalized spacial score (nSPS) is 61.7. The Morgan fingerprint density at radius 2 is 1.77 bits per heavy atom. The lowest BCUT2D eigenvalue weighted by Gasteiger charge is -2.36. The van der Waals surface area contributed by atoms with Gasteiger partial charge in [-0.1, -0.05) is 13.8 Å². The Kier molecular flexibility index (Phi) is 1.35. The van der Waals surface area contributed by atoms with Crippen LogP contribution >= 0.6 is 0 Å². The van der Waals surface area contributed by atoms with E-state index in [1.54, 1.807) is 0 Å². The van der Waals surface area contributed by atoms with Gasteiger partial charge in [0.05, 0.1) is 10.5 Å². The second-order valence-electron chi connectivity index (χ2n) is 5.21. The van der Waals surface area contributed by atoms with Gasteiger partial charge < -0.3 is 0 Å². The molecule has 6 atom stereocenters. The van der Waals surface area contributed by atoms with Gasteiger partial charge in [-0.05, 0) is 36.5 Å². The van der Waals surface area contributed by atoms with Crippen molar-refractivity contribution < 1.29 is 8.42 Å². The molecule has 2 nitrogen and oxygen atoms in total. The Hall–Kier alpha value is -0.0500. The summed E-state index contributed by atoms with van der Waals surface area (Å²) >= 11 is 0. The van der Waals surface area contributed by atoms with Crippen LogP contribution in [0, 0.1) is 23.7 Å². The quantitative estimate of drug-likeness (QED) is 0.593. The van der Waals surface area contributed by atoms with Gasteiger partial charge in [-0.2, -0.15) is 0 Å². The molecule has 6 unspecified atom stereocenters. The smallest absolute Gasteiger partial charge is 0.156 e. The molecule has 2 aliphatic heterocycles. The molecule has 0 spiro atoms. The minimum atomic E-state index is -2.73. The minimum Gasteiger partial charge on any atom is -0.228 e. The lowest BCUT2D eigenvalue weighted by Crippen LogP contribution is -2.42. The summed E-state index contributed by atoms with van der Waals surface area (Å²) in [5.74, 6) is 2.09. The third kappa shape index (κ3) is 0.741. The van der Waals surface area contributed by atoms with Crippen LogP contribution in [0.2, 0.25) is 0 Å². The molecule has 0 radical (unpaired) electrons. The fraction of sp³-hybridized carbons (Fsp3) is 1.00. The summed E-state index contributed by atoms with van der Waals surface area (Å²) in [4.78, 5) is 0.